The van der Waals surface area contributed by atoms with E-state index in [4.69, 9.17) is 11.5 Å². The summed E-state index contributed by atoms with van der Waals surface area (Å²) in [6, 6.07) is 8.30. The Balaban J connectivity index is 1.88. The third kappa shape index (κ3) is 6.40. The standard InChI is InChI=1S/C19H27N5O3/c20-19(21)22-10-4-8-15(13-25)23-18(27)16-9-5-11-24(16)17(26)12-14-6-2-1-3-7-14/h1-3,6-7,13,15-16H,4-5,8-12H2,(H,23,27)(H4,20,21,22)/t15-,16-/m0/s1. The minimum Gasteiger partial charge on any atom is -0.370 e. The maximum Gasteiger partial charge on any atom is 0.243 e. The molecule has 1 aliphatic heterocycles. The molecule has 8 heteroatoms. The minimum absolute atomic E-state index is 0.000199. The zero-order valence-corrected chi connectivity index (χ0v) is 15.3. The van der Waals surface area contributed by atoms with E-state index in [-0.39, 0.29) is 24.2 Å². The van der Waals surface area contributed by atoms with E-state index < -0.39 is 12.1 Å². The van der Waals surface area contributed by atoms with Crippen LogP contribution in [0.4, 0.5) is 0 Å². The summed E-state index contributed by atoms with van der Waals surface area (Å²) in [7, 11) is 0. The molecule has 146 valence electrons. The molecule has 27 heavy (non-hydrogen) atoms. The molecular formula is C19H27N5O3. The van der Waals surface area contributed by atoms with Gasteiger partial charge in [-0.2, -0.15) is 0 Å². The summed E-state index contributed by atoms with van der Waals surface area (Å²) in [6.07, 6.45) is 3.36. The van der Waals surface area contributed by atoms with Crippen molar-refractivity contribution in [2.45, 2.75) is 44.2 Å². The number of hydrogen-bond acceptors (Lipinski definition) is 4. The van der Waals surface area contributed by atoms with Crippen LogP contribution in [-0.2, 0) is 20.8 Å². The smallest absolute Gasteiger partial charge is 0.243 e. The fraction of sp³-hybridized carbons (Fsp3) is 0.474. The van der Waals surface area contributed by atoms with Gasteiger partial charge in [-0.25, -0.2) is 0 Å². The van der Waals surface area contributed by atoms with Crippen molar-refractivity contribution in [1.82, 2.24) is 10.2 Å². The van der Waals surface area contributed by atoms with Crippen LogP contribution in [0, 0.1) is 0 Å². The topological polar surface area (TPSA) is 131 Å². The molecule has 1 saturated heterocycles. The zero-order valence-electron chi connectivity index (χ0n) is 15.3. The van der Waals surface area contributed by atoms with E-state index in [9.17, 15) is 14.4 Å². The molecule has 0 aliphatic carbocycles. The molecular weight excluding hydrogens is 346 g/mol. The molecule has 0 unspecified atom stereocenters. The first-order chi connectivity index (χ1) is 13.0. The van der Waals surface area contributed by atoms with Crippen LogP contribution in [0.1, 0.15) is 31.2 Å². The molecule has 1 aromatic carbocycles. The number of amides is 2. The number of hydrogen-bond donors (Lipinski definition) is 3. The second kappa shape index (κ2) is 10.3. The largest absolute Gasteiger partial charge is 0.370 e. The van der Waals surface area contributed by atoms with Crippen molar-refractivity contribution in [3.8, 4) is 0 Å². The van der Waals surface area contributed by atoms with Crippen LogP contribution in [-0.4, -0.2) is 54.1 Å². The Kier molecular flexibility index (Phi) is 7.79. The molecule has 1 heterocycles. The van der Waals surface area contributed by atoms with Crippen LogP contribution in [0.15, 0.2) is 35.3 Å². The SMILES string of the molecule is NC(N)=NCCC[C@@H](C=O)NC(=O)[C@@H]1CCCN1C(=O)Cc1ccccc1. The zero-order chi connectivity index (χ0) is 19.6. The van der Waals surface area contributed by atoms with Gasteiger partial charge in [0.1, 0.15) is 12.3 Å². The number of nitrogens with zero attached hydrogens (tertiary/aromatic N) is 2. The Morgan fingerprint density at radius 2 is 2.04 bits per heavy atom. The molecule has 1 fully saturated rings. The van der Waals surface area contributed by atoms with Gasteiger partial charge in [-0.15, -0.1) is 0 Å². The van der Waals surface area contributed by atoms with E-state index in [1.165, 1.54) is 0 Å². The van der Waals surface area contributed by atoms with Gasteiger partial charge in [-0.05, 0) is 31.2 Å². The quantitative estimate of drug-likeness (QED) is 0.242. The molecule has 5 N–H and O–H groups in total. The third-order valence-corrected chi connectivity index (χ3v) is 4.53. The van der Waals surface area contributed by atoms with Gasteiger partial charge < -0.3 is 26.5 Å². The summed E-state index contributed by atoms with van der Waals surface area (Å²) in [5, 5.41) is 2.73. The summed E-state index contributed by atoms with van der Waals surface area (Å²) < 4.78 is 0. The van der Waals surface area contributed by atoms with Crippen LogP contribution < -0.4 is 16.8 Å². The molecule has 2 amide bonds. The van der Waals surface area contributed by atoms with Crippen molar-refractivity contribution in [2.75, 3.05) is 13.1 Å². The molecule has 8 nitrogen and oxygen atoms in total. The Bertz CT molecular complexity index is 673. The number of carbonyl (C=O) groups is 3. The summed E-state index contributed by atoms with van der Waals surface area (Å²) in [4.78, 5) is 41.9. The highest BCUT2D eigenvalue weighted by atomic mass is 16.2. The Morgan fingerprint density at radius 3 is 2.70 bits per heavy atom. The lowest BCUT2D eigenvalue weighted by Crippen LogP contribution is -2.49. The molecule has 1 aliphatic rings. The van der Waals surface area contributed by atoms with Gasteiger partial charge in [0.25, 0.3) is 0 Å². The van der Waals surface area contributed by atoms with Gasteiger partial charge in [0.15, 0.2) is 5.96 Å². The first-order valence-electron chi connectivity index (χ1n) is 9.15. The van der Waals surface area contributed by atoms with Crippen molar-refractivity contribution in [2.24, 2.45) is 16.5 Å². The number of guanidine groups is 1. The predicted octanol–water partition coefficient (Wildman–Crippen LogP) is -0.0426. The Morgan fingerprint density at radius 1 is 1.30 bits per heavy atom. The number of rotatable bonds is 9. The van der Waals surface area contributed by atoms with Crippen molar-refractivity contribution in [1.29, 1.82) is 0 Å². The maximum absolute atomic E-state index is 12.6. The number of nitrogens with one attached hydrogen (secondary N) is 1. The van der Waals surface area contributed by atoms with E-state index in [2.05, 4.69) is 10.3 Å². The maximum atomic E-state index is 12.6. The highest BCUT2D eigenvalue weighted by Gasteiger charge is 2.34. The van der Waals surface area contributed by atoms with Crippen molar-refractivity contribution in [3.63, 3.8) is 0 Å². The Labute approximate surface area is 159 Å². The second-order valence-corrected chi connectivity index (χ2v) is 6.61. The van der Waals surface area contributed by atoms with E-state index in [1.807, 2.05) is 30.3 Å². The number of nitrogens with two attached hydrogens (primary N) is 2. The van der Waals surface area contributed by atoms with Gasteiger partial charge in [0.05, 0.1) is 12.5 Å². The number of aldehydes is 1. The van der Waals surface area contributed by atoms with E-state index in [1.54, 1.807) is 4.90 Å². The lowest BCUT2D eigenvalue weighted by molar-refractivity contribution is -0.138. The third-order valence-electron chi connectivity index (χ3n) is 4.53. The number of aliphatic imine (C=N–C) groups is 1. The normalized spacial score (nSPS) is 17.2. The van der Waals surface area contributed by atoms with Gasteiger partial charge in [0.2, 0.25) is 11.8 Å². The average molecular weight is 373 g/mol. The van der Waals surface area contributed by atoms with Crippen LogP contribution >= 0.6 is 0 Å². The van der Waals surface area contributed by atoms with Crippen LogP contribution in [0.25, 0.3) is 0 Å². The fourth-order valence-corrected chi connectivity index (χ4v) is 3.18. The van der Waals surface area contributed by atoms with E-state index >= 15 is 0 Å². The van der Waals surface area contributed by atoms with Gasteiger partial charge in [-0.1, -0.05) is 30.3 Å². The second-order valence-electron chi connectivity index (χ2n) is 6.61. The van der Waals surface area contributed by atoms with Gasteiger partial charge in [0, 0.05) is 13.1 Å². The summed E-state index contributed by atoms with van der Waals surface area (Å²) in [5.41, 5.74) is 11.4. The van der Waals surface area contributed by atoms with Crippen molar-refractivity contribution in [3.05, 3.63) is 35.9 Å². The molecule has 2 rings (SSSR count). The lowest BCUT2D eigenvalue weighted by Gasteiger charge is -2.25. The summed E-state index contributed by atoms with van der Waals surface area (Å²) in [6.45, 7) is 0.952. The fourth-order valence-electron chi connectivity index (χ4n) is 3.18. The van der Waals surface area contributed by atoms with Crippen LogP contribution in [0.2, 0.25) is 0 Å². The first-order valence-corrected chi connectivity index (χ1v) is 9.15. The minimum atomic E-state index is -0.613. The molecule has 0 aromatic heterocycles. The highest BCUT2D eigenvalue weighted by Crippen LogP contribution is 2.19. The van der Waals surface area contributed by atoms with Crippen molar-refractivity contribution < 1.29 is 14.4 Å². The van der Waals surface area contributed by atoms with Crippen molar-refractivity contribution >= 4 is 24.1 Å². The predicted molar refractivity (Wildman–Crippen MR) is 103 cm³/mol. The lowest BCUT2D eigenvalue weighted by atomic mass is 10.1. The molecule has 1 aromatic rings. The molecule has 0 bridgehead atoms. The van der Waals surface area contributed by atoms with Gasteiger partial charge >= 0.3 is 0 Å². The number of likely N-dealkylation sites (tertiary alicyclic amines) is 1. The average Bonchev–Trinajstić information content (AvgIpc) is 3.15. The molecule has 2 atom stereocenters. The van der Waals surface area contributed by atoms with Gasteiger partial charge in [-0.3, -0.25) is 14.6 Å². The molecule has 0 saturated carbocycles. The number of benzene rings is 1. The monoisotopic (exact) mass is 373 g/mol. The highest BCUT2D eigenvalue weighted by molar-refractivity contribution is 5.90. The number of carbonyl (C=O) groups excluding carboxylic acids is 3. The molecule has 0 radical (unpaired) electrons. The Hall–Kier alpha value is -2.90. The molecule has 0 spiro atoms. The first kappa shape index (κ1) is 20.4. The van der Waals surface area contributed by atoms with E-state index in [0.717, 1.165) is 12.0 Å². The van der Waals surface area contributed by atoms with Crippen LogP contribution in [0.5, 0.6) is 0 Å². The summed E-state index contributed by atoms with van der Waals surface area (Å²) >= 11 is 0. The van der Waals surface area contributed by atoms with E-state index in [0.29, 0.717) is 38.6 Å². The van der Waals surface area contributed by atoms with Crippen LogP contribution in [0.3, 0.4) is 0 Å². The summed E-state index contributed by atoms with van der Waals surface area (Å²) in [5.74, 6) is -0.359.